The van der Waals surface area contributed by atoms with Crippen LogP contribution in [-0.2, 0) is 4.74 Å². The van der Waals surface area contributed by atoms with E-state index < -0.39 is 0 Å². The summed E-state index contributed by atoms with van der Waals surface area (Å²) < 4.78 is 18.1. The average molecular weight is 345 g/mol. The van der Waals surface area contributed by atoms with E-state index in [4.69, 9.17) is 4.74 Å². The lowest BCUT2D eigenvalue weighted by Crippen LogP contribution is -2.46. The zero-order chi connectivity index (χ0) is 17.5. The van der Waals surface area contributed by atoms with E-state index in [0.717, 1.165) is 63.1 Å². The van der Waals surface area contributed by atoms with Gasteiger partial charge in [0, 0.05) is 58.2 Å². The highest BCUT2D eigenvalue weighted by molar-refractivity contribution is 5.52. The first-order valence-electron chi connectivity index (χ1n) is 8.56. The van der Waals surface area contributed by atoms with Crippen LogP contribution in [-0.4, -0.2) is 56.4 Å². The average Bonchev–Trinajstić information content (AvgIpc) is 2.66. The van der Waals surface area contributed by atoms with Crippen LogP contribution in [0.1, 0.15) is 6.42 Å². The van der Waals surface area contributed by atoms with Gasteiger partial charge in [-0.2, -0.15) is 0 Å². The van der Waals surface area contributed by atoms with Crippen LogP contribution in [0.4, 0.5) is 21.7 Å². The summed E-state index contributed by atoms with van der Waals surface area (Å²) in [4.78, 5) is 13.2. The highest BCUT2D eigenvalue weighted by atomic mass is 19.1. The van der Waals surface area contributed by atoms with E-state index in [9.17, 15) is 4.39 Å². The smallest absolute Gasteiger partial charge is 0.134 e. The fourth-order valence-corrected chi connectivity index (χ4v) is 2.90. The molecule has 0 bridgehead atoms. The molecule has 3 rings (SSSR count). The highest BCUT2D eigenvalue weighted by Crippen LogP contribution is 2.20. The van der Waals surface area contributed by atoms with E-state index in [-0.39, 0.29) is 5.82 Å². The molecule has 0 aliphatic carbocycles. The second kappa shape index (κ2) is 8.62. The molecule has 25 heavy (non-hydrogen) atoms. The number of hydrogen-bond acceptors (Lipinski definition) is 6. The normalized spacial score (nSPS) is 14.6. The molecule has 134 valence electrons. The van der Waals surface area contributed by atoms with Gasteiger partial charge in [-0.15, -0.1) is 0 Å². The van der Waals surface area contributed by atoms with Crippen molar-refractivity contribution in [3.05, 3.63) is 42.5 Å². The van der Waals surface area contributed by atoms with Gasteiger partial charge in [-0.1, -0.05) is 0 Å². The van der Waals surface area contributed by atoms with Gasteiger partial charge >= 0.3 is 0 Å². The Morgan fingerprint density at radius 1 is 1.08 bits per heavy atom. The lowest BCUT2D eigenvalue weighted by molar-refractivity contribution is 0.198. The summed E-state index contributed by atoms with van der Waals surface area (Å²) in [6, 6.07) is 8.66. The van der Waals surface area contributed by atoms with Gasteiger partial charge < -0.3 is 19.9 Å². The highest BCUT2D eigenvalue weighted by Gasteiger charge is 2.18. The zero-order valence-corrected chi connectivity index (χ0v) is 14.5. The first-order chi connectivity index (χ1) is 12.3. The summed E-state index contributed by atoms with van der Waals surface area (Å²) in [5.41, 5.74) is 1.06. The van der Waals surface area contributed by atoms with Crippen LogP contribution in [0.2, 0.25) is 0 Å². The third kappa shape index (κ3) is 4.79. The number of ether oxygens (including phenoxy) is 1. The third-order valence-electron chi connectivity index (χ3n) is 4.28. The number of nitrogens with zero attached hydrogens (tertiary/aromatic N) is 4. The van der Waals surface area contributed by atoms with Gasteiger partial charge in [0.05, 0.1) is 0 Å². The first-order valence-corrected chi connectivity index (χ1v) is 8.56. The van der Waals surface area contributed by atoms with E-state index in [2.05, 4.69) is 25.1 Å². The van der Waals surface area contributed by atoms with Crippen molar-refractivity contribution < 1.29 is 9.13 Å². The van der Waals surface area contributed by atoms with Crippen LogP contribution in [0.15, 0.2) is 36.7 Å². The largest absolute Gasteiger partial charge is 0.385 e. The van der Waals surface area contributed by atoms with Crippen molar-refractivity contribution in [3.8, 4) is 0 Å². The van der Waals surface area contributed by atoms with Crippen LogP contribution in [0.3, 0.4) is 0 Å². The Morgan fingerprint density at radius 3 is 2.52 bits per heavy atom. The van der Waals surface area contributed by atoms with Crippen molar-refractivity contribution in [2.24, 2.45) is 0 Å². The Hall–Kier alpha value is -2.41. The van der Waals surface area contributed by atoms with Crippen LogP contribution in [0.25, 0.3) is 0 Å². The minimum Gasteiger partial charge on any atom is -0.385 e. The van der Waals surface area contributed by atoms with Gasteiger partial charge in [0.25, 0.3) is 0 Å². The summed E-state index contributed by atoms with van der Waals surface area (Å²) in [6.45, 7) is 5.06. The molecule has 1 aromatic heterocycles. The molecule has 0 spiro atoms. The van der Waals surface area contributed by atoms with E-state index in [1.54, 1.807) is 13.4 Å². The Balaban J connectivity index is 1.54. The molecule has 1 aliphatic heterocycles. The van der Waals surface area contributed by atoms with Gasteiger partial charge in [0.2, 0.25) is 0 Å². The Bertz CT molecular complexity index is 659. The summed E-state index contributed by atoms with van der Waals surface area (Å²) in [5.74, 6) is 1.57. The first kappa shape index (κ1) is 17.4. The number of rotatable bonds is 7. The SMILES string of the molecule is COCCCNc1cc(N2CCN(c3ccc(F)cc3)CC2)ncn1. The van der Waals surface area contributed by atoms with Crippen LogP contribution in [0.5, 0.6) is 0 Å². The van der Waals surface area contributed by atoms with Crippen LogP contribution < -0.4 is 15.1 Å². The summed E-state index contributed by atoms with van der Waals surface area (Å²) >= 11 is 0. The van der Waals surface area contributed by atoms with Crippen molar-refractivity contribution in [1.82, 2.24) is 9.97 Å². The lowest BCUT2D eigenvalue weighted by Gasteiger charge is -2.36. The third-order valence-corrected chi connectivity index (χ3v) is 4.28. The van der Waals surface area contributed by atoms with E-state index in [1.165, 1.54) is 12.1 Å². The molecule has 0 amide bonds. The molecule has 7 heteroatoms. The van der Waals surface area contributed by atoms with Crippen LogP contribution in [0, 0.1) is 5.82 Å². The van der Waals surface area contributed by atoms with Crippen molar-refractivity contribution in [2.45, 2.75) is 6.42 Å². The molecule has 1 aliphatic rings. The minimum atomic E-state index is -0.200. The number of benzene rings is 1. The van der Waals surface area contributed by atoms with E-state index in [0.29, 0.717) is 0 Å². The maximum Gasteiger partial charge on any atom is 0.134 e. The van der Waals surface area contributed by atoms with Gasteiger partial charge in [0.1, 0.15) is 23.8 Å². The van der Waals surface area contributed by atoms with Crippen molar-refractivity contribution in [1.29, 1.82) is 0 Å². The molecule has 0 atom stereocenters. The second-order valence-electron chi connectivity index (χ2n) is 5.99. The Labute approximate surface area is 147 Å². The molecule has 1 aromatic carbocycles. The molecule has 1 saturated heterocycles. The maximum atomic E-state index is 13.1. The molecule has 0 unspecified atom stereocenters. The van der Waals surface area contributed by atoms with Gasteiger partial charge in [0.15, 0.2) is 0 Å². The summed E-state index contributed by atoms with van der Waals surface area (Å²) in [7, 11) is 1.70. The maximum absolute atomic E-state index is 13.1. The Kier molecular flexibility index (Phi) is 6.00. The van der Waals surface area contributed by atoms with Crippen molar-refractivity contribution in [3.63, 3.8) is 0 Å². The summed E-state index contributed by atoms with van der Waals surface area (Å²) in [5, 5.41) is 3.30. The molecule has 1 fully saturated rings. The summed E-state index contributed by atoms with van der Waals surface area (Å²) in [6.07, 6.45) is 2.53. The molecule has 2 heterocycles. The predicted molar refractivity (Wildman–Crippen MR) is 97.8 cm³/mol. The number of aromatic nitrogens is 2. The predicted octanol–water partition coefficient (Wildman–Crippen LogP) is 2.39. The topological polar surface area (TPSA) is 53.5 Å². The Morgan fingerprint density at radius 2 is 1.80 bits per heavy atom. The van der Waals surface area contributed by atoms with Crippen molar-refractivity contribution in [2.75, 3.05) is 61.6 Å². The fraction of sp³-hybridized carbons (Fsp3) is 0.444. The van der Waals surface area contributed by atoms with E-state index >= 15 is 0 Å². The molecule has 0 saturated carbocycles. The van der Waals surface area contributed by atoms with E-state index in [1.807, 2.05) is 18.2 Å². The van der Waals surface area contributed by atoms with Crippen molar-refractivity contribution >= 4 is 17.3 Å². The lowest BCUT2D eigenvalue weighted by atomic mass is 10.2. The molecular formula is C18H24FN5O. The zero-order valence-electron chi connectivity index (χ0n) is 14.5. The van der Waals surface area contributed by atoms with Gasteiger partial charge in [-0.05, 0) is 30.7 Å². The number of piperazine rings is 1. The monoisotopic (exact) mass is 345 g/mol. The molecule has 0 radical (unpaired) electrons. The molecule has 2 aromatic rings. The second-order valence-corrected chi connectivity index (χ2v) is 5.99. The van der Waals surface area contributed by atoms with Crippen LogP contribution >= 0.6 is 0 Å². The number of halogens is 1. The van der Waals surface area contributed by atoms with Gasteiger partial charge in [-0.3, -0.25) is 0 Å². The molecule has 1 N–H and O–H groups in total. The fourth-order valence-electron chi connectivity index (χ4n) is 2.90. The van der Waals surface area contributed by atoms with Gasteiger partial charge in [-0.25, -0.2) is 14.4 Å². The molecular weight excluding hydrogens is 321 g/mol. The molecule has 6 nitrogen and oxygen atoms in total. The number of methoxy groups -OCH3 is 1. The minimum absolute atomic E-state index is 0.200. The quantitative estimate of drug-likeness (QED) is 0.778. The number of hydrogen-bond donors (Lipinski definition) is 1. The number of anilines is 3. The standard InChI is InChI=1S/C18H24FN5O/c1-25-12-2-7-20-17-13-18(22-14-21-17)24-10-8-23(9-11-24)16-5-3-15(19)4-6-16/h3-6,13-14H,2,7-12H2,1H3,(H,20,21,22). The number of nitrogens with one attached hydrogen (secondary N) is 1.